The Morgan fingerprint density at radius 2 is 1.97 bits per heavy atom. The molecule has 0 saturated carbocycles. The van der Waals surface area contributed by atoms with Crippen molar-refractivity contribution in [2.45, 2.75) is 24.8 Å². The van der Waals surface area contributed by atoms with Gasteiger partial charge in [-0.3, -0.25) is 4.79 Å². The molecule has 1 aromatic carbocycles. The van der Waals surface area contributed by atoms with Crippen LogP contribution in [0.5, 0.6) is 0 Å². The van der Waals surface area contributed by atoms with Gasteiger partial charge in [0.1, 0.15) is 11.5 Å². The van der Waals surface area contributed by atoms with Crippen LogP contribution < -0.4 is 0 Å². The Bertz CT molecular complexity index is 1130. The predicted molar refractivity (Wildman–Crippen MR) is 106 cm³/mol. The SMILES string of the molecule is Cc1nc(S(=O)(=O)N2CCCN(C(=O)Cc3noc4ccccc34)CC2)cn1C. The monoisotopic (exact) mass is 417 g/mol. The molecule has 0 unspecified atom stereocenters. The predicted octanol–water partition coefficient (Wildman–Crippen LogP) is 1.34. The van der Waals surface area contributed by atoms with Crippen LogP contribution in [0.2, 0.25) is 0 Å². The molecule has 0 aliphatic carbocycles. The number of amides is 1. The van der Waals surface area contributed by atoms with Gasteiger partial charge < -0.3 is 14.0 Å². The number of rotatable bonds is 4. The number of benzene rings is 1. The standard InChI is InChI=1S/C19H23N5O4S/c1-14-20-18(13-22(14)2)29(26,27)24-9-5-8-23(10-11-24)19(25)12-16-15-6-3-4-7-17(15)28-21-16/h3-4,6-7,13H,5,8-12H2,1-2H3. The van der Waals surface area contributed by atoms with Gasteiger partial charge in [0, 0.05) is 44.8 Å². The second-order valence-corrected chi connectivity index (χ2v) is 9.06. The van der Waals surface area contributed by atoms with Crippen molar-refractivity contribution in [1.82, 2.24) is 23.9 Å². The Balaban J connectivity index is 1.45. The number of hydrogen-bond donors (Lipinski definition) is 0. The number of para-hydroxylation sites is 1. The van der Waals surface area contributed by atoms with E-state index in [1.165, 1.54) is 10.5 Å². The van der Waals surface area contributed by atoms with Crippen LogP contribution in [0, 0.1) is 6.92 Å². The molecule has 1 saturated heterocycles. The summed E-state index contributed by atoms with van der Waals surface area (Å²) in [6.45, 7) is 3.19. The van der Waals surface area contributed by atoms with Gasteiger partial charge in [0.05, 0.1) is 6.42 Å². The van der Waals surface area contributed by atoms with Crippen molar-refractivity contribution in [3.05, 3.63) is 42.0 Å². The van der Waals surface area contributed by atoms with Crippen LogP contribution in [-0.2, 0) is 28.3 Å². The normalized spacial score (nSPS) is 16.3. The van der Waals surface area contributed by atoms with Gasteiger partial charge in [0.25, 0.3) is 10.0 Å². The van der Waals surface area contributed by atoms with Crippen molar-refractivity contribution in [2.24, 2.45) is 7.05 Å². The molecule has 10 heteroatoms. The van der Waals surface area contributed by atoms with E-state index in [0.29, 0.717) is 43.2 Å². The molecule has 0 spiro atoms. The summed E-state index contributed by atoms with van der Waals surface area (Å²) in [7, 11) is -1.92. The summed E-state index contributed by atoms with van der Waals surface area (Å²) in [6.07, 6.45) is 2.22. The quantitative estimate of drug-likeness (QED) is 0.635. The summed E-state index contributed by atoms with van der Waals surface area (Å²) < 4.78 is 34.2. The van der Waals surface area contributed by atoms with E-state index in [1.807, 2.05) is 24.3 Å². The van der Waals surface area contributed by atoms with E-state index < -0.39 is 10.0 Å². The molecule has 4 rings (SSSR count). The molecular formula is C19H23N5O4S. The number of sulfonamides is 1. The van der Waals surface area contributed by atoms with Crippen molar-refractivity contribution < 1.29 is 17.7 Å². The second-order valence-electron chi connectivity index (χ2n) is 7.18. The molecule has 3 aromatic rings. The van der Waals surface area contributed by atoms with Crippen molar-refractivity contribution in [3.8, 4) is 0 Å². The summed E-state index contributed by atoms with van der Waals surface area (Å²) in [5.41, 5.74) is 1.25. The number of aryl methyl sites for hydroxylation is 2. The Hall–Kier alpha value is -2.72. The van der Waals surface area contributed by atoms with Gasteiger partial charge in [0.2, 0.25) is 5.91 Å². The number of imidazole rings is 1. The third-order valence-electron chi connectivity index (χ3n) is 5.27. The van der Waals surface area contributed by atoms with Crippen LogP contribution in [0.1, 0.15) is 17.9 Å². The molecule has 9 nitrogen and oxygen atoms in total. The number of carbonyl (C=O) groups excluding carboxylic acids is 1. The number of hydrogen-bond acceptors (Lipinski definition) is 6. The highest BCUT2D eigenvalue weighted by molar-refractivity contribution is 7.89. The van der Waals surface area contributed by atoms with Crippen molar-refractivity contribution in [3.63, 3.8) is 0 Å². The van der Waals surface area contributed by atoms with Crippen molar-refractivity contribution >= 4 is 26.9 Å². The topological polar surface area (TPSA) is 102 Å². The number of fused-ring (bicyclic) bond motifs is 1. The van der Waals surface area contributed by atoms with Gasteiger partial charge in [-0.2, -0.15) is 4.31 Å². The smallest absolute Gasteiger partial charge is 0.262 e. The third-order valence-corrected chi connectivity index (χ3v) is 7.04. The molecular weight excluding hydrogens is 394 g/mol. The molecule has 2 aromatic heterocycles. The minimum absolute atomic E-state index is 0.0475. The molecule has 0 radical (unpaired) electrons. The van der Waals surface area contributed by atoms with E-state index in [4.69, 9.17) is 4.52 Å². The highest BCUT2D eigenvalue weighted by Gasteiger charge is 2.30. The summed E-state index contributed by atoms with van der Waals surface area (Å²) in [6, 6.07) is 7.41. The molecule has 154 valence electrons. The summed E-state index contributed by atoms with van der Waals surface area (Å²) >= 11 is 0. The zero-order valence-electron chi connectivity index (χ0n) is 16.4. The lowest BCUT2D eigenvalue weighted by atomic mass is 10.1. The molecule has 1 fully saturated rings. The summed E-state index contributed by atoms with van der Waals surface area (Å²) in [5, 5.41) is 4.89. The molecule has 3 heterocycles. The average Bonchev–Trinajstić information content (AvgIpc) is 3.14. The van der Waals surface area contributed by atoms with Crippen molar-refractivity contribution in [1.29, 1.82) is 0 Å². The van der Waals surface area contributed by atoms with Crippen LogP contribution >= 0.6 is 0 Å². The molecule has 0 bridgehead atoms. The molecule has 1 amide bonds. The second kappa shape index (κ2) is 7.60. The fraction of sp³-hybridized carbons (Fsp3) is 0.421. The number of carbonyl (C=O) groups is 1. The van der Waals surface area contributed by atoms with Crippen LogP contribution in [0.4, 0.5) is 0 Å². The van der Waals surface area contributed by atoms with E-state index in [-0.39, 0.29) is 23.9 Å². The average molecular weight is 417 g/mol. The Kier molecular flexibility index (Phi) is 5.13. The van der Waals surface area contributed by atoms with E-state index >= 15 is 0 Å². The summed E-state index contributed by atoms with van der Waals surface area (Å²) in [5.74, 6) is 0.548. The highest BCUT2D eigenvalue weighted by atomic mass is 32.2. The first kappa shape index (κ1) is 19.6. The maximum absolute atomic E-state index is 12.9. The van der Waals surface area contributed by atoms with Gasteiger partial charge in [-0.25, -0.2) is 13.4 Å². The van der Waals surface area contributed by atoms with E-state index in [0.717, 1.165) is 5.39 Å². The van der Waals surface area contributed by atoms with Gasteiger partial charge in [-0.1, -0.05) is 17.3 Å². The Morgan fingerprint density at radius 3 is 2.72 bits per heavy atom. The zero-order valence-corrected chi connectivity index (χ0v) is 17.2. The first-order valence-corrected chi connectivity index (χ1v) is 10.9. The van der Waals surface area contributed by atoms with Crippen LogP contribution in [0.3, 0.4) is 0 Å². The molecule has 0 atom stereocenters. The fourth-order valence-corrected chi connectivity index (χ4v) is 4.98. The van der Waals surface area contributed by atoms with Crippen LogP contribution in [-0.4, -0.2) is 64.4 Å². The van der Waals surface area contributed by atoms with Gasteiger partial charge in [-0.05, 0) is 25.5 Å². The first-order chi connectivity index (χ1) is 13.9. The van der Waals surface area contributed by atoms with E-state index in [1.54, 1.807) is 23.4 Å². The minimum atomic E-state index is -3.68. The van der Waals surface area contributed by atoms with Crippen LogP contribution in [0.25, 0.3) is 11.0 Å². The molecule has 1 aliphatic rings. The minimum Gasteiger partial charge on any atom is -0.356 e. The lowest BCUT2D eigenvalue weighted by Crippen LogP contribution is -2.38. The summed E-state index contributed by atoms with van der Waals surface area (Å²) in [4.78, 5) is 18.6. The zero-order chi connectivity index (χ0) is 20.6. The fourth-order valence-electron chi connectivity index (χ4n) is 3.49. The van der Waals surface area contributed by atoms with Crippen molar-refractivity contribution in [2.75, 3.05) is 26.2 Å². The lowest BCUT2D eigenvalue weighted by molar-refractivity contribution is -0.130. The molecule has 29 heavy (non-hydrogen) atoms. The van der Waals surface area contributed by atoms with Gasteiger partial charge >= 0.3 is 0 Å². The van der Waals surface area contributed by atoms with Gasteiger partial charge in [-0.15, -0.1) is 0 Å². The Morgan fingerprint density at radius 1 is 1.17 bits per heavy atom. The number of aromatic nitrogens is 3. The first-order valence-electron chi connectivity index (χ1n) is 9.47. The van der Waals surface area contributed by atoms with E-state index in [9.17, 15) is 13.2 Å². The third kappa shape index (κ3) is 3.77. The molecule has 0 N–H and O–H groups in total. The number of nitrogens with zero attached hydrogens (tertiary/aromatic N) is 5. The maximum atomic E-state index is 12.9. The lowest BCUT2D eigenvalue weighted by Gasteiger charge is -2.21. The molecule has 1 aliphatic heterocycles. The van der Waals surface area contributed by atoms with Gasteiger partial charge in [0.15, 0.2) is 10.6 Å². The highest BCUT2D eigenvalue weighted by Crippen LogP contribution is 2.20. The largest absolute Gasteiger partial charge is 0.356 e. The van der Waals surface area contributed by atoms with E-state index in [2.05, 4.69) is 10.1 Å². The maximum Gasteiger partial charge on any atom is 0.262 e. The Labute approximate surface area is 168 Å². The van der Waals surface area contributed by atoms with Crippen LogP contribution in [0.15, 0.2) is 40.0 Å².